The van der Waals surface area contributed by atoms with Crippen molar-refractivity contribution in [2.24, 2.45) is 0 Å². The molecule has 1 aliphatic rings. The highest BCUT2D eigenvalue weighted by Gasteiger charge is 2.39. The molecule has 1 fully saturated rings. The summed E-state index contributed by atoms with van der Waals surface area (Å²) in [5.41, 5.74) is 0.604. The average Bonchev–Trinajstić information content (AvgIpc) is 3.49. The molecule has 0 saturated heterocycles. The number of nitrogens with one attached hydrogen (secondary N) is 3. The molecule has 0 amide bonds. The van der Waals surface area contributed by atoms with E-state index < -0.39 is 17.3 Å². The minimum Gasteiger partial charge on any atom is -0.489 e. The fourth-order valence-electron chi connectivity index (χ4n) is 7.57. The Bertz CT molecular complexity index is 2020. The van der Waals surface area contributed by atoms with Crippen molar-refractivity contribution in [3.05, 3.63) is 71.7 Å². The van der Waals surface area contributed by atoms with Gasteiger partial charge in [-0.05, 0) is 57.8 Å². The average molecular weight is 1080 g/mol. The van der Waals surface area contributed by atoms with Crippen LogP contribution in [0.15, 0.2) is 71.7 Å². The maximum absolute atomic E-state index is 14.8. The van der Waals surface area contributed by atoms with Gasteiger partial charge in [0.25, 0.3) is 0 Å². The van der Waals surface area contributed by atoms with Crippen molar-refractivity contribution < 1.29 is 57.0 Å². The molecule has 0 heterocycles. The van der Waals surface area contributed by atoms with Crippen molar-refractivity contribution in [2.45, 2.75) is 178 Å². The van der Waals surface area contributed by atoms with Gasteiger partial charge in [0.05, 0.1) is 76.2 Å². The summed E-state index contributed by atoms with van der Waals surface area (Å²) in [7, 11) is 0. The molecule has 0 unspecified atom stereocenters. The topological polar surface area (TPSA) is 170 Å². The number of ether oxygens (including phenoxy) is 9. The zero-order chi connectivity index (χ0) is 56.3. The molecule has 0 aromatic heterocycles. The number of benzene rings is 3. The summed E-state index contributed by atoms with van der Waals surface area (Å²) in [6, 6.07) is 10.6. The summed E-state index contributed by atoms with van der Waals surface area (Å²) < 4.78 is 56.7. The zero-order valence-electron chi connectivity index (χ0n) is 48.7. The van der Waals surface area contributed by atoms with Gasteiger partial charge in [-0.25, -0.2) is 0 Å². The summed E-state index contributed by atoms with van der Waals surface area (Å²) in [5.74, 6) is 1.94. The molecule has 1 aliphatic carbocycles. The third-order valence-electron chi connectivity index (χ3n) is 12.4. The van der Waals surface area contributed by atoms with Crippen LogP contribution in [0.3, 0.4) is 0 Å². The SMILES string of the molecule is CCCCOc1cc(NC=C2C(=O)C(=CNc3cc(OCCCC)c(OCCCC)c(OCCCC)c3)C(=O)C(=CNc3cc(OCCCC)c(OCCCC)c(OCCCC)c3)C2=O)cc(OCCCC)c1OCCCC. The van der Waals surface area contributed by atoms with Crippen molar-refractivity contribution in [1.82, 2.24) is 0 Å². The van der Waals surface area contributed by atoms with E-state index in [9.17, 15) is 14.4 Å². The fourth-order valence-corrected chi connectivity index (χ4v) is 7.57. The molecule has 3 aromatic carbocycles. The van der Waals surface area contributed by atoms with Gasteiger partial charge in [0.1, 0.15) is 0 Å². The van der Waals surface area contributed by atoms with Gasteiger partial charge in [0.15, 0.2) is 34.5 Å². The molecule has 0 bridgehead atoms. The molecule has 78 heavy (non-hydrogen) atoms. The van der Waals surface area contributed by atoms with Gasteiger partial charge in [0, 0.05) is 72.1 Å². The smallest absolute Gasteiger partial charge is 0.203 e. The number of unbranched alkanes of at least 4 members (excludes halogenated alkanes) is 9. The highest BCUT2D eigenvalue weighted by atomic mass is 16.6. The quantitative estimate of drug-likeness (QED) is 0.0278. The maximum atomic E-state index is 14.8. The number of hydrogen-bond acceptors (Lipinski definition) is 15. The van der Waals surface area contributed by atoms with E-state index in [0.29, 0.717) is 128 Å². The van der Waals surface area contributed by atoms with E-state index in [2.05, 4.69) is 78.3 Å². The van der Waals surface area contributed by atoms with Gasteiger partial charge >= 0.3 is 0 Å². The van der Waals surface area contributed by atoms with Crippen molar-refractivity contribution >= 4 is 34.4 Å². The Balaban J connectivity index is 1.92. The molecule has 15 heteroatoms. The van der Waals surface area contributed by atoms with E-state index in [1.165, 1.54) is 18.6 Å². The lowest BCUT2D eigenvalue weighted by molar-refractivity contribution is -0.124. The van der Waals surface area contributed by atoms with Crippen LogP contribution >= 0.6 is 0 Å². The molecular weight excluding hydrogens is 991 g/mol. The third kappa shape index (κ3) is 20.7. The van der Waals surface area contributed by atoms with Gasteiger partial charge in [-0.3, -0.25) is 14.4 Å². The Hall–Kier alpha value is -6.51. The Morgan fingerprint density at radius 1 is 0.282 bits per heavy atom. The Morgan fingerprint density at radius 2 is 0.449 bits per heavy atom. The van der Waals surface area contributed by atoms with E-state index in [1.807, 2.05) is 0 Å². The van der Waals surface area contributed by atoms with Gasteiger partial charge in [-0.1, -0.05) is 120 Å². The number of hydrogen-bond donors (Lipinski definition) is 3. The van der Waals surface area contributed by atoms with Crippen LogP contribution in [0.4, 0.5) is 17.1 Å². The number of Topliss-reactive ketones (excluding diaryl/α,β-unsaturated/α-hetero) is 3. The van der Waals surface area contributed by atoms with E-state index in [-0.39, 0.29) is 16.7 Å². The number of carbonyl (C=O) groups is 3. The first-order valence-corrected chi connectivity index (χ1v) is 29.4. The van der Waals surface area contributed by atoms with Crippen LogP contribution in [0.1, 0.15) is 178 Å². The van der Waals surface area contributed by atoms with E-state index in [4.69, 9.17) is 42.6 Å². The molecule has 1 saturated carbocycles. The van der Waals surface area contributed by atoms with Gasteiger partial charge < -0.3 is 58.6 Å². The van der Waals surface area contributed by atoms with Crippen LogP contribution < -0.4 is 58.6 Å². The summed E-state index contributed by atoms with van der Waals surface area (Å²) in [5, 5.41) is 9.59. The number of allylic oxidation sites excluding steroid dienone is 3. The second-order valence-corrected chi connectivity index (χ2v) is 19.3. The molecule has 0 spiro atoms. The normalized spacial score (nSPS) is 12.3. The van der Waals surface area contributed by atoms with Gasteiger partial charge in [-0.15, -0.1) is 0 Å². The monoisotopic (exact) mass is 1080 g/mol. The number of ketones is 3. The van der Waals surface area contributed by atoms with Crippen molar-refractivity contribution in [2.75, 3.05) is 75.4 Å². The summed E-state index contributed by atoms with van der Waals surface area (Å²) in [6.45, 7) is 22.9. The van der Waals surface area contributed by atoms with Crippen LogP contribution in [-0.2, 0) is 14.4 Å². The van der Waals surface area contributed by atoms with E-state index >= 15 is 0 Å². The van der Waals surface area contributed by atoms with Crippen LogP contribution in [0, 0.1) is 0 Å². The Kier molecular flexibility index (Phi) is 30.6. The minimum absolute atomic E-state index is 0.278. The van der Waals surface area contributed by atoms with Crippen LogP contribution in [0.2, 0.25) is 0 Å². The van der Waals surface area contributed by atoms with E-state index in [1.54, 1.807) is 36.4 Å². The van der Waals surface area contributed by atoms with Crippen molar-refractivity contribution in [1.29, 1.82) is 0 Å². The van der Waals surface area contributed by atoms with Crippen LogP contribution in [0.25, 0.3) is 0 Å². The largest absolute Gasteiger partial charge is 0.489 e. The molecule has 3 aromatic rings. The second-order valence-electron chi connectivity index (χ2n) is 19.3. The third-order valence-corrected chi connectivity index (χ3v) is 12.4. The summed E-state index contributed by atoms with van der Waals surface area (Å²) >= 11 is 0. The van der Waals surface area contributed by atoms with E-state index in [0.717, 1.165) is 116 Å². The molecule has 15 nitrogen and oxygen atoms in total. The molecule has 4 rings (SSSR count). The standard InChI is InChI=1S/C63H93N3O12/c1-10-19-28-70-52-37-46(38-53(71-29-20-11-2)61(52)76-34-25-16-7)64-43-49-58(67)50(44-65-47-39-54(72-30-21-12-3)62(77-35-26-17-8)55(40-47)73-31-22-13-4)60(69)51(59(49)68)45-66-48-41-56(74-32-23-14-5)63(78-36-27-18-9)57(42-48)75-33-24-15-6/h37-45,64-66H,10-36H2,1-9H3. The maximum Gasteiger partial charge on any atom is 0.203 e. The highest BCUT2D eigenvalue weighted by molar-refractivity contribution is 6.51. The lowest BCUT2D eigenvalue weighted by atomic mass is 9.84. The first-order chi connectivity index (χ1) is 38.1. The molecule has 0 aliphatic heterocycles. The van der Waals surface area contributed by atoms with Crippen molar-refractivity contribution in [3.8, 4) is 51.7 Å². The molecule has 3 N–H and O–H groups in total. The number of anilines is 3. The molecule has 0 atom stereocenters. The predicted molar refractivity (Wildman–Crippen MR) is 313 cm³/mol. The Labute approximate surface area is 466 Å². The summed E-state index contributed by atoms with van der Waals surface area (Å²) in [4.78, 5) is 44.3. The number of carbonyl (C=O) groups excluding carboxylic acids is 3. The zero-order valence-corrected chi connectivity index (χ0v) is 48.7. The van der Waals surface area contributed by atoms with Crippen LogP contribution in [-0.4, -0.2) is 76.8 Å². The first kappa shape index (κ1) is 64.0. The second kappa shape index (κ2) is 37.3. The van der Waals surface area contributed by atoms with Crippen LogP contribution in [0.5, 0.6) is 51.7 Å². The molecule has 432 valence electrons. The fraction of sp³-hybridized carbons (Fsp3) is 0.571. The lowest BCUT2D eigenvalue weighted by Gasteiger charge is -2.21. The highest BCUT2D eigenvalue weighted by Crippen LogP contribution is 2.44. The molecular formula is C63H93N3O12. The minimum atomic E-state index is -0.786. The Morgan fingerprint density at radius 3 is 0.615 bits per heavy atom. The number of rotatable bonds is 42. The van der Waals surface area contributed by atoms with Gasteiger partial charge in [0.2, 0.25) is 34.6 Å². The molecule has 0 radical (unpaired) electrons. The first-order valence-electron chi connectivity index (χ1n) is 29.4. The van der Waals surface area contributed by atoms with Crippen molar-refractivity contribution in [3.63, 3.8) is 0 Å². The summed E-state index contributed by atoms with van der Waals surface area (Å²) in [6.07, 6.45) is 19.8. The lowest BCUT2D eigenvalue weighted by Crippen LogP contribution is -2.33. The van der Waals surface area contributed by atoms with Gasteiger partial charge in [-0.2, -0.15) is 0 Å². The predicted octanol–water partition coefficient (Wildman–Crippen LogP) is 15.3.